The van der Waals surface area contributed by atoms with Crippen molar-refractivity contribution in [1.29, 1.82) is 0 Å². The van der Waals surface area contributed by atoms with Crippen molar-refractivity contribution in [3.05, 3.63) is 81.8 Å². The van der Waals surface area contributed by atoms with E-state index in [-0.39, 0.29) is 12.5 Å². The van der Waals surface area contributed by atoms with E-state index in [0.29, 0.717) is 11.3 Å². The highest BCUT2D eigenvalue weighted by Crippen LogP contribution is 2.33. The lowest BCUT2D eigenvalue weighted by molar-refractivity contribution is 0.102. The van der Waals surface area contributed by atoms with Gasteiger partial charge in [-0.05, 0) is 65.2 Å². The molecule has 7 heteroatoms. The molecular weight excluding hydrogens is 456 g/mol. The predicted molar refractivity (Wildman–Crippen MR) is 125 cm³/mol. The molecule has 0 aliphatic heterocycles. The first-order valence-corrected chi connectivity index (χ1v) is 10.8. The summed E-state index contributed by atoms with van der Waals surface area (Å²) in [6.07, 6.45) is 4.30. The Kier molecular flexibility index (Phi) is 6.15. The maximum Gasteiger partial charge on any atom is 0.258 e. The number of ether oxygens (including phenoxy) is 1. The summed E-state index contributed by atoms with van der Waals surface area (Å²) in [6.45, 7) is 4.28. The normalized spacial score (nSPS) is 11.1. The zero-order valence-corrected chi connectivity index (χ0v) is 19.2. The van der Waals surface area contributed by atoms with Crippen LogP contribution in [-0.2, 0) is 17.8 Å². The second kappa shape index (κ2) is 8.99. The van der Waals surface area contributed by atoms with Crippen molar-refractivity contribution in [3.8, 4) is 11.1 Å². The van der Waals surface area contributed by atoms with E-state index in [2.05, 4.69) is 33.2 Å². The zero-order chi connectivity index (χ0) is 22.0. The van der Waals surface area contributed by atoms with Gasteiger partial charge in [0, 0.05) is 46.5 Å². The van der Waals surface area contributed by atoms with Crippen LogP contribution in [0.1, 0.15) is 34.2 Å². The SMILES string of the molecule is CCc1ccc2c(-c3cncc(Br)c3)c(C(=O)Nc3cccc(C)c3)c(COC)nn12. The van der Waals surface area contributed by atoms with E-state index in [9.17, 15) is 4.79 Å². The minimum absolute atomic E-state index is 0.211. The lowest BCUT2D eigenvalue weighted by Crippen LogP contribution is -2.19. The van der Waals surface area contributed by atoms with E-state index >= 15 is 0 Å². The Balaban J connectivity index is 1.98. The Morgan fingerprint density at radius 3 is 2.74 bits per heavy atom. The molecule has 1 N–H and O–H groups in total. The molecular formula is C24H23BrN4O2. The molecule has 0 saturated heterocycles. The van der Waals surface area contributed by atoms with Crippen LogP contribution in [0.15, 0.2) is 59.3 Å². The number of halogens is 1. The maximum absolute atomic E-state index is 13.6. The van der Waals surface area contributed by atoms with E-state index in [0.717, 1.165) is 44.5 Å². The van der Waals surface area contributed by atoms with Gasteiger partial charge in [0.2, 0.25) is 0 Å². The van der Waals surface area contributed by atoms with Crippen molar-refractivity contribution in [3.63, 3.8) is 0 Å². The van der Waals surface area contributed by atoms with E-state index in [1.54, 1.807) is 19.5 Å². The molecule has 31 heavy (non-hydrogen) atoms. The number of hydrogen-bond acceptors (Lipinski definition) is 4. The molecule has 0 fully saturated rings. The van der Waals surface area contributed by atoms with E-state index in [4.69, 9.17) is 9.84 Å². The van der Waals surface area contributed by atoms with E-state index in [1.807, 2.05) is 53.9 Å². The van der Waals surface area contributed by atoms with Crippen molar-refractivity contribution in [2.24, 2.45) is 0 Å². The number of anilines is 1. The first kappa shape index (κ1) is 21.2. The number of benzene rings is 1. The van der Waals surface area contributed by atoms with Gasteiger partial charge in [0.05, 0.1) is 17.7 Å². The molecule has 0 saturated carbocycles. The summed E-state index contributed by atoms with van der Waals surface area (Å²) in [5, 5.41) is 7.82. The molecule has 0 aliphatic carbocycles. The Morgan fingerprint density at radius 2 is 2.03 bits per heavy atom. The lowest BCUT2D eigenvalue weighted by Gasteiger charge is -2.17. The number of nitrogens with one attached hydrogen (secondary N) is 1. The van der Waals surface area contributed by atoms with Gasteiger partial charge in [-0.15, -0.1) is 0 Å². The van der Waals surface area contributed by atoms with Crippen LogP contribution >= 0.6 is 15.9 Å². The molecule has 6 nitrogen and oxygen atoms in total. The fraction of sp³-hybridized carbons (Fsp3) is 0.208. The Hall–Kier alpha value is -3.03. The molecule has 1 aromatic carbocycles. The Bertz CT molecular complexity index is 1270. The number of aromatic nitrogens is 3. The quantitative estimate of drug-likeness (QED) is 0.401. The molecule has 4 rings (SSSR count). The summed E-state index contributed by atoms with van der Waals surface area (Å²) in [5.74, 6) is -0.234. The molecule has 158 valence electrons. The van der Waals surface area contributed by atoms with Gasteiger partial charge in [0.1, 0.15) is 5.69 Å². The van der Waals surface area contributed by atoms with Gasteiger partial charge in [-0.2, -0.15) is 5.10 Å². The third-order valence-corrected chi connectivity index (χ3v) is 5.52. The minimum Gasteiger partial charge on any atom is -0.378 e. The number of aryl methyl sites for hydroxylation is 2. The summed E-state index contributed by atoms with van der Waals surface area (Å²) < 4.78 is 8.15. The van der Waals surface area contributed by atoms with Crippen LogP contribution in [0.5, 0.6) is 0 Å². The van der Waals surface area contributed by atoms with Gasteiger partial charge in [-0.1, -0.05) is 19.1 Å². The molecule has 3 heterocycles. The fourth-order valence-corrected chi connectivity index (χ4v) is 4.09. The average Bonchev–Trinajstić information content (AvgIpc) is 3.15. The maximum atomic E-state index is 13.6. The highest BCUT2D eigenvalue weighted by molar-refractivity contribution is 9.10. The van der Waals surface area contributed by atoms with E-state index in [1.165, 1.54) is 0 Å². The number of pyridine rings is 1. The van der Waals surface area contributed by atoms with Gasteiger partial charge in [-0.25, -0.2) is 4.52 Å². The Morgan fingerprint density at radius 1 is 1.19 bits per heavy atom. The second-order valence-electron chi connectivity index (χ2n) is 7.32. The summed E-state index contributed by atoms with van der Waals surface area (Å²) in [7, 11) is 1.60. The number of fused-ring (bicyclic) bond motifs is 1. The monoisotopic (exact) mass is 478 g/mol. The van der Waals surface area contributed by atoms with E-state index < -0.39 is 0 Å². The zero-order valence-electron chi connectivity index (χ0n) is 17.6. The average molecular weight is 479 g/mol. The van der Waals surface area contributed by atoms with Crippen molar-refractivity contribution >= 4 is 33.0 Å². The molecule has 0 bridgehead atoms. The number of carbonyl (C=O) groups is 1. The van der Waals surface area contributed by atoms with Crippen LogP contribution < -0.4 is 5.32 Å². The van der Waals surface area contributed by atoms with Gasteiger partial charge >= 0.3 is 0 Å². The molecule has 1 amide bonds. The summed E-state index contributed by atoms with van der Waals surface area (Å²) >= 11 is 3.50. The first-order chi connectivity index (χ1) is 15.0. The van der Waals surface area contributed by atoms with Gasteiger partial charge < -0.3 is 10.1 Å². The highest BCUT2D eigenvalue weighted by atomic mass is 79.9. The number of methoxy groups -OCH3 is 1. The molecule has 4 aromatic rings. The minimum atomic E-state index is -0.234. The number of rotatable bonds is 6. The van der Waals surface area contributed by atoms with Gasteiger partial charge in [-0.3, -0.25) is 9.78 Å². The topological polar surface area (TPSA) is 68.5 Å². The van der Waals surface area contributed by atoms with Gasteiger partial charge in [0.25, 0.3) is 5.91 Å². The molecule has 0 unspecified atom stereocenters. The summed E-state index contributed by atoms with van der Waals surface area (Å²) in [6, 6.07) is 13.7. The molecule has 0 spiro atoms. The van der Waals surface area contributed by atoms with Crippen LogP contribution in [-0.4, -0.2) is 27.6 Å². The number of hydrogen-bond donors (Lipinski definition) is 1. The second-order valence-corrected chi connectivity index (χ2v) is 8.24. The van der Waals surface area contributed by atoms with Crippen molar-refractivity contribution in [2.75, 3.05) is 12.4 Å². The molecule has 3 aromatic heterocycles. The summed E-state index contributed by atoms with van der Waals surface area (Å²) in [4.78, 5) is 17.9. The fourth-order valence-electron chi connectivity index (χ4n) is 3.73. The first-order valence-electron chi connectivity index (χ1n) is 10.0. The number of nitrogens with zero attached hydrogens (tertiary/aromatic N) is 3. The van der Waals surface area contributed by atoms with Crippen LogP contribution in [0.2, 0.25) is 0 Å². The smallest absolute Gasteiger partial charge is 0.258 e. The lowest BCUT2D eigenvalue weighted by atomic mass is 9.99. The highest BCUT2D eigenvalue weighted by Gasteiger charge is 2.24. The van der Waals surface area contributed by atoms with Gasteiger partial charge in [0.15, 0.2) is 0 Å². The van der Waals surface area contributed by atoms with Crippen LogP contribution in [0.25, 0.3) is 16.6 Å². The molecule has 0 atom stereocenters. The van der Waals surface area contributed by atoms with Crippen molar-refractivity contribution in [2.45, 2.75) is 26.9 Å². The molecule has 0 aliphatic rings. The third kappa shape index (κ3) is 4.24. The van der Waals surface area contributed by atoms with Crippen LogP contribution in [0.4, 0.5) is 5.69 Å². The summed E-state index contributed by atoms with van der Waals surface area (Å²) in [5.41, 5.74) is 6.37. The largest absolute Gasteiger partial charge is 0.378 e. The molecule has 0 radical (unpaired) electrons. The predicted octanol–water partition coefficient (Wildman–Crippen LogP) is 5.43. The van der Waals surface area contributed by atoms with Crippen molar-refractivity contribution in [1.82, 2.24) is 14.6 Å². The third-order valence-electron chi connectivity index (χ3n) is 5.09. The van der Waals surface area contributed by atoms with Crippen molar-refractivity contribution < 1.29 is 9.53 Å². The number of amides is 1. The Labute approximate surface area is 189 Å². The van der Waals surface area contributed by atoms with Crippen LogP contribution in [0.3, 0.4) is 0 Å². The standard InChI is InChI=1S/C24H23BrN4O2/c1-4-19-8-9-21-22(16-11-17(25)13-26-12-16)23(20(14-31-3)28-29(19)21)24(30)27-18-7-5-6-15(2)10-18/h5-13H,4,14H2,1-3H3,(H,27,30). The number of carbonyl (C=O) groups excluding carboxylic acids is 1. The van der Waals surface area contributed by atoms with Crippen LogP contribution in [0, 0.1) is 6.92 Å².